The second-order valence-electron chi connectivity index (χ2n) is 4.18. The predicted octanol–water partition coefficient (Wildman–Crippen LogP) is 3.41. The number of carboxylic acids is 1. The van der Waals surface area contributed by atoms with Gasteiger partial charge in [0.15, 0.2) is 0 Å². The normalized spacial score (nSPS) is 11.8. The van der Waals surface area contributed by atoms with Gasteiger partial charge in [-0.1, -0.05) is 13.0 Å². The van der Waals surface area contributed by atoms with Crippen molar-refractivity contribution in [2.24, 2.45) is 0 Å². The number of carbonyl (C=O) groups excluding carboxylic acids is 1. The van der Waals surface area contributed by atoms with Crippen molar-refractivity contribution in [3.63, 3.8) is 0 Å². The van der Waals surface area contributed by atoms with E-state index in [1.54, 1.807) is 23.9 Å². The van der Waals surface area contributed by atoms with Crippen molar-refractivity contribution in [3.8, 4) is 0 Å². The van der Waals surface area contributed by atoms with Crippen LogP contribution >= 0.6 is 27.7 Å². The third-order valence-electron chi connectivity index (χ3n) is 2.72. The number of hydrogen-bond donors (Lipinski definition) is 3. The first-order chi connectivity index (χ1) is 9.45. The molecule has 0 saturated carbocycles. The lowest BCUT2D eigenvalue weighted by Gasteiger charge is -2.12. The van der Waals surface area contributed by atoms with Gasteiger partial charge in [-0.05, 0) is 40.7 Å². The molecule has 0 aromatic heterocycles. The molecule has 0 aliphatic heterocycles. The lowest BCUT2D eigenvalue weighted by molar-refractivity contribution is 0.0698. The number of thioether (sulfide) groups is 1. The van der Waals surface area contributed by atoms with Crippen molar-refractivity contribution >= 4 is 45.4 Å². The van der Waals surface area contributed by atoms with E-state index < -0.39 is 12.0 Å². The first-order valence-electron chi connectivity index (χ1n) is 6.05. The second kappa shape index (κ2) is 8.16. The zero-order valence-corrected chi connectivity index (χ0v) is 13.7. The minimum absolute atomic E-state index is 0.0482. The van der Waals surface area contributed by atoms with Gasteiger partial charge in [0.25, 0.3) is 0 Å². The molecule has 0 aliphatic carbocycles. The lowest BCUT2D eigenvalue weighted by atomic mass is 10.2. The molecule has 1 atom stereocenters. The summed E-state index contributed by atoms with van der Waals surface area (Å²) in [4.78, 5) is 22.9. The van der Waals surface area contributed by atoms with Gasteiger partial charge in [0.1, 0.15) is 0 Å². The number of nitrogens with one attached hydrogen (secondary N) is 2. The third-order valence-corrected chi connectivity index (χ3v) is 4.42. The van der Waals surface area contributed by atoms with Crippen LogP contribution in [0.1, 0.15) is 23.7 Å². The lowest BCUT2D eigenvalue weighted by Crippen LogP contribution is -2.31. The zero-order chi connectivity index (χ0) is 15.1. The minimum Gasteiger partial charge on any atom is -0.478 e. The van der Waals surface area contributed by atoms with Gasteiger partial charge in [0.2, 0.25) is 0 Å². The van der Waals surface area contributed by atoms with Gasteiger partial charge in [-0.2, -0.15) is 11.8 Å². The number of amides is 2. The molecule has 0 fully saturated rings. The van der Waals surface area contributed by atoms with Gasteiger partial charge in [0, 0.05) is 16.3 Å². The molecule has 7 heteroatoms. The van der Waals surface area contributed by atoms with E-state index in [0.717, 1.165) is 6.42 Å². The molecule has 0 aliphatic rings. The van der Waals surface area contributed by atoms with Crippen molar-refractivity contribution in [1.29, 1.82) is 0 Å². The van der Waals surface area contributed by atoms with Gasteiger partial charge in [-0.15, -0.1) is 0 Å². The van der Waals surface area contributed by atoms with Crippen LogP contribution in [0.5, 0.6) is 0 Å². The summed E-state index contributed by atoms with van der Waals surface area (Å²) in [5, 5.41) is 14.8. The van der Waals surface area contributed by atoms with E-state index in [1.807, 2.05) is 6.26 Å². The van der Waals surface area contributed by atoms with E-state index in [-0.39, 0.29) is 11.3 Å². The maximum Gasteiger partial charge on any atom is 0.337 e. The summed E-state index contributed by atoms with van der Waals surface area (Å²) in [6, 6.07) is 4.32. The summed E-state index contributed by atoms with van der Waals surface area (Å²) in [6.07, 6.45) is 2.88. The smallest absolute Gasteiger partial charge is 0.337 e. The van der Waals surface area contributed by atoms with Crippen LogP contribution in [-0.2, 0) is 0 Å². The summed E-state index contributed by atoms with van der Waals surface area (Å²) < 4.78 is 0.532. The number of carboxylic acid groups (broad SMARTS) is 1. The van der Waals surface area contributed by atoms with E-state index in [1.165, 1.54) is 6.07 Å². The Kier molecular flexibility index (Phi) is 6.87. The SMILES string of the molecule is CSC(C)CCNC(=O)Nc1c(Br)cccc1C(=O)O. The van der Waals surface area contributed by atoms with Crippen LogP contribution in [-0.4, -0.2) is 35.2 Å². The number of benzene rings is 1. The summed E-state index contributed by atoms with van der Waals surface area (Å²) in [7, 11) is 0. The van der Waals surface area contributed by atoms with Crippen LogP contribution in [0.25, 0.3) is 0 Å². The van der Waals surface area contributed by atoms with Gasteiger partial charge < -0.3 is 15.7 Å². The molecular weight excluding hydrogens is 344 g/mol. The summed E-state index contributed by atoms with van der Waals surface area (Å²) in [5.74, 6) is -1.09. The molecule has 2 amide bonds. The number of halogens is 1. The Bertz CT molecular complexity index is 497. The number of anilines is 1. The van der Waals surface area contributed by atoms with Gasteiger partial charge in [-0.3, -0.25) is 0 Å². The summed E-state index contributed by atoms with van der Waals surface area (Å²) in [5.41, 5.74) is 0.308. The number of urea groups is 1. The third kappa shape index (κ3) is 5.05. The van der Waals surface area contributed by atoms with Crippen LogP contribution in [0.15, 0.2) is 22.7 Å². The maximum atomic E-state index is 11.8. The molecule has 1 aromatic rings. The van der Waals surface area contributed by atoms with E-state index in [4.69, 9.17) is 5.11 Å². The van der Waals surface area contributed by atoms with Crippen molar-refractivity contribution in [2.75, 3.05) is 18.1 Å². The topological polar surface area (TPSA) is 78.4 Å². The highest BCUT2D eigenvalue weighted by Crippen LogP contribution is 2.26. The number of carbonyl (C=O) groups is 2. The molecule has 0 heterocycles. The highest BCUT2D eigenvalue weighted by Gasteiger charge is 2.15. The Hall–Kier alpha value is -1.21. The van der Waals surface area contributed by atoms with E-state index in [2.05, 4.69) is 33.5 Å². The highest BCUT2D eigenvalue weighted by atomic mass is 79.9. The summed E-state index contributed by atoms with van der Waals surface area (Å²) >= 11 is 4.97. The fourth-order valence-electron chi connectivity index (χ4n) is 1.49. The van der Waals surface area contributed by atoms with Crippen LogP contribution in [0.3, 0.4) is 0 Å². The molecule has 110 valence electrons. The summed E-state index contributed by atoms with van der Waals surface area (Å²) in [6.45, 7) is 2.63. The Morgan fingerprint density at radius 1 is 1.45 bits per heavy atom. The number of rotatable bonds is 6. The second-order valence-corrected chi connectivity index (χ2v) is 6.31. The van der Waals surface area contributed by atoms with Crippen molar-refractivity contribution < 1.29 is 14.7 Å². The number of hydrogen-bond acceptors (Lipinski definition) is 3. The molecule has 20 heavy (non-hydrogen) atoms. The fourth-order valence-corrected chi connectivity index (χ4v) is 2.31. The fraction of sp³-hybridized carbons (Fsp3) is 0.385. The van der Waals surface area contributed by atoms with E-state index >= 15 is 0 Å². The van der Waals surface area contributed by atoms with Crippen LogP contribution < -0.4 is 10.6 Å². The van der Waals surface area contributed by atoms with Crippen LogP contribution in [0.2, 0.25) is 0 Å². The molecule has 0 saturated heterocycles. The molecule has 0 bridgehead atoms. The van der Waals surface area contributed by atoms with Crippen LogP contribution in [0, 0.1) is 0 Å². The van der Waals surface area contributed by atoms with Crippen LogP contribution in [0.4, 0.5) is 10.5 Å². The molecule has 5 nitrogen and oxygen atoms in total. The minimum atomic E-state index is -1.09. The molecule has 3 N–H and O–H groups in total. The van der Waals surface area contributed by atoms with Gasteiger partial charge in [-0.25, -0.2) is 9.59 Å². The first-order valence-corrected chi connectivity index (χ1v) is 8.13. The van der Waals surface area contributed by atoms with Crippen molar-refractivity contribution in [3.05, 3.63) is 28.2 Å². The molecular formula is C13H17BrN2O3S. The first kappa shape index (κ1) is 16.8. The standard InChI is InChI=1S/C13H17BrN2O3S/c1-8(20-2)6-7-15-13(19)16-11-9(12(17)18)4-3-5-10(11)14/h3-5,8H,6-7H2,1-2H3,(H,17,18)(H2,15,16,19). The Balaban J connectivity index is 2.64. The van der Waals surface area contributed by atoms with E-state index in [9.17, 15) is 9.59 Å². The predicted molar refractivity (Wildman–Crippen MR) is 85.7 cm³/mol. The molecule has 1 aromatic carbocycles. The average molecular weight is 361 g/mol. The maximum absolute atomic E-state index is 11.8. The van der Waals surface area contributed by atoms with Gasteiger partial charge in [0.05, 0.1) is 11.3 Å². The largest absolute Gasteiger partial charge is 0.478 e. The Labute approximate surface area is 130 Å². The average Bonchev–Trinajstić information content (AvgIpc) is 2.40. The Morgan fingerprint density at radius 3 is 2.75 bits per heavy atom. The van der Waals surface area contributed by atoms with E-state index in [0.29, 0.717) is 16.3 Å². The van der Waals surface area contributed by atoms with Gasteiger partial charge >= 0.3 is 12.0 Å². The van der Waals surface area contributed by atoms with Crippen molar-refractivity contribution in [1.82, 2.24) is 5.32 Å². The number of aromatic carboxylic acids is 1. The monoisotopic (exact) mass is 360 g/mol. The molecule has 0 radical (unpaired) electrons. The zero-order valence-electron chi connectivity index (χ0n) is 11.3. The number of para-hydroxylation sites is 1. The quantitative estimate of drug-likeness (QED) is 0.726. The Morgan fingerprint density at radius 2 is 2.15 bits per heavy atom. The molecule has 0 spiro atoms. The molecule has 1 unspecified atom stereocenters. The van der Waals surface area contributed by atoms with Crippen molar-refractivity contribution in [2.45, 2.75) is 18.6 Å². The molecule has 1 rings (SSSR count). The highest BCUT2D eigenvalue weighted by molar-refractivity contribution is 9.10.